The van der Waals surface area contributed by atoms with E-state index < -0.39 is 5.97 Å². The van der Waals surface area contributed by atoms with Gasteiger partial charge in [-0.3, -0.25) is 4.99 Å². The Balaban J connectivity index is 2.44. The van der Waals surface area contributed by atoms with E-state index in [0.29, 0.717) is 0 Å². The van der Waals surface area contributed by atoms with Gasteiger partial charge in [0.15, 0.2) is 0 Å². The summed E-state index contributed by atoms with van der Waals surface area (Å²) in [5.41, 5.74) is 5.08. The van der Waals surface area contributed by atoms with E-state index in [1.807, 2.05) is 0 Å². The van der Waals surface area contributed by atoms with Crippen molar-refractivity contribution in [2.24, 2.45) is 10.7 Å². The summed E-state index contributed by atoms with van der Waals surface area (Å²) in [5, 5.41) is 8.29. The minimum Gasteiger partial charge on any atom is -0.475 e. The Labute approximate surface area is 58.7 Å². The van der Waals surface area contributed by atoms with Crippen LogP contribution in [0.3, 0.4) is 0 Å². The number of rotatable bonds is 1. The van der Waals surface area contributed by atoms with E-state index in [1.165, 1.54) is 0 Å². The van der Waals surface area contributed by atoms with E-state index in [4.69, 9.17) is 10.8 Å². The average molecular weight is 142 g/mol. The normalized spacial score (nSPS) is 20.2. The van der Waals surface area contributed by atoms with Gasteiger partial charge in [0.25, 0.3) is 0 Å². The van der Waals surface area contributed by atoms with E-state index in [2.05, 4.69) is 4.99 Å². The summed E-state index contributed by atoms with van der Waals surface area (Å²) < 4.78 is 0. The quantitative estimate of drug-likeness (QED) is 0.399. The van der Waals surface area contributed by atoms with Gasteiger partial charge in [-0.1, -0.05) is 0 Å². The molecular formula is C6H10N2O2. The summed E-state index contributed by atoms with van der Waals surface area (Å²) in [6.07, 6.45) is 3.10. The molecule has 1 saturated carbocycles. The van der Waals surface area contributed by atoms with Gasteiger partial charge in [-0.25, -0.2) is 4.79 Å². The molecule has 1 aliphatic rings. The van der Waals surface area contributed by atoms with Gasteiger partial charge in [0.1, 0.15) is 0 Å². The third kappa shape index (κ3) is 1.46. The van der Waals surface area contributed by atoms with E-state index in [9.17, 15) is 4.79 Å². The number of amidine groups is 1. The van der Waals surface area contributed by atoms with Crippen LogP contribution in [0.25, 0.3) is 0 Å². The number of hydrogen-bond acceptors (Lipinski definition) is 2. The second-order valence-electron chi connectivity index (χ2n) is 2.40. The average Bonchev–Trinajstić information content (AvgIpc) is 1.77. The zero-order chi connectivity index (χ0) is 7.56. The Morgan fingerprint density at radius 2 is 2.20 bits per heavy atom. The molecule has 0 saturated heterocycles. The molecule has 1 rings (SSSR count). The van der Waals surface area contributed by atoms with E-state index >= 15 is 0 Å². The summed E-state index contributed by atoms with van der Waals surface area (Å²) in [6.45, 7) is 0. The van der Waals surface area contributed by atoms with Crippen molar-refractivity contribution in [1.29, 1.82) is 0 Å². The van der Waals surface area contributed by atoms with Gasteiger partial charge in [-0.05, 0) is 19.3 Å². The van der Waals surface area contributed by atoms with Crippen LogP contribution in [0.2, 0.25) is 0 Å². The van der Waals surface area contributed by atoms with Gasteiger partial charge >= 0.3 is 5.97 Å². The number of carbonyl (C=O) groups is 1. The second-order valence-corrected chi connectivity index (χ2v) is 2.40. The number of carboxylic acid groups (broad SMARTS) is 1. The number of carboxylic acids is 1. The molecule has 0 heterocycles. The Morgan fingerprint density at radius 3 is 2.50 bits per heavy atom. The molecule has 0 aliphatic heterocycles. The van der Waals surface area contributed by atoms with Crippen LogP contribution in [0.5, 0.6) is 0 Å². The Hall–Kier alpha value is -1.06. The Morgan fingerprint density at radius 1 is 1.60 bits per heavy atom. The van der Waals surface area contributed by atoms with Gasteiger partial charge in [-0.2, -0.15) is 0 Å². The van der Waals surface area contributed by atoms with Crippen LogP contribution in [-0.2, 0) is 4.79 Å². The lowest BCUT2D eigenvalue weighted by molar-refractivity contribution is -0.129. The van der Waals surface area contributed by atoms with Crippen molar-refractivity contribution in [2.75, 3.05) is 0 Å². The topological polar surface area (TPSA) is 75.7 Å². The molecule has 10 heavy (non-hydrogen) atoms. The maximum absolute atomic E-state index is 10.1. The van der Waals surface area contributed by atoms with Crippen molar-refractivity contribution < 1.29 is 9.90 Å². The van der Waals surface area contributed by atoms with Gasteiger partial charge in [0.05, 0.1) is 6.04 Å². The van der Waals surface area contributed by atoms with Crippen LogP contribution in [0, 0.1) is 0 Å². The van der Waals surface area contributed by atoms with Crippen LogP contribution in [0.4, 0.5) is 0 Å². The Bertz CT molecular complexity index is 173. The molecule has 3 N–H and O–H groups in total. The maximum atomic E-state index is 10.1. The first-order valence-corrected chi connectivity index (χ1v) is 3.26. The van der Waals surface area contributed by atoms with Gasteiger partial charge < -0.3 is 10.8 Å². The Kier molecular flexibility index (Phi) is 1.89. The lowest BCUT2D eigenvalue weighted by atomic mass is 9.94. The van der Waals surface area contributed by atoms with Crippen molar-refractivity contribution in [2.45, 2.75) is 25.3 Å². The van der Waals surface area contributed by atoms with Crippen LogP contribution in [0.1, 0.15) is 19.3 Å². The van der Waals surface area contributed by atoms with Crippen LogP contribution >= 0.6 is 0 Å². The van der Waals surface area contributed by atoms with Gasteiger partial charge in [0, 0.05) is 0 Å². The van der Waals surface area contributed by atoms with Crippen molar-refractivity contribution in [3.05, 3.63) is 0 Å². The van der Waals surface area contributed by atoms with Crippen molar-refractivity contribution in [3.8, 4) is 0 Å². The first-order chi connectivity index (χ1) is 4.70. The standard InChI is InChI=1S/C6H10N2O2/c7-5(6(9)10)8-4-2-1-3-4/h4H,1-3H2,(H2,7,8)(H,9,10). The molecule has 0 bridgehead atoms. The molecule has 0 aromatic heterocycles. The zero-order valence-corrected chi connectivity index (χ0v) is 5.58. The molecule has 0 aromatic rings. The fourth-order valence-corrected chi connectivity index (χ4v) is 0.768. The highest BCUT2D eigenvalue weighted by atomic mass is 16.4. The fraction of sp³-hybridized carbons (Fsp3) is 0.667. The maximum Gasteiger partial charge on any atom is 0.370 e. The molecule has 1 fully saturated rings. The summed E-state index contributed by atoms with van der Waals surface area (Å²) in [5.74, 6) is -1.38. The predicted molar refractivity (Wildman–Crippen MR) is 36.9 cm³/mol. The summed E-state index contributed by atoms with van der Waals surface area (Å²) in [4.78, 5) is 13.9. The minimum absolute atomic E-state index is 0.177. The van der Waals surface area contributed by atoms with Crippen molar-refractivity contribution in [1.82, 2.24) is 0 Å². The van der Waals surface area contributed by atoms with Gasteiger partial charge in [-0.15, -0.1) is 0 Å². The van der Waals surface area contributed by atoms with Crippen molar-refractivity contribution >= 4 is 11.8 Å². The van der Waals surface area contributed by atoms with E-state index in [1.54, 1.807) is 0 Å². The molecule has 0 radical (unpaired) electrons. The largest absolute Gasteiger partial charge is 0.475 e. The molecule has 4 nitrogen and oxygen atoms in total. The third-order valence-corrected chi connectivity index (χ3v) is 1.62. The summed E-state index contributed by atoms with van der Waals surface area (Å²) >= 11 is 0. The molecule has 1 aliphatic carbocycles. The number of aliphatic carboxylic acids is 1. The fourth-order valence-electron chi connectivity index (χ4n) is 0.768. The first kappa shape index (κ1) is 7.05. The van der Waals surface area contributed by atoms with Gasteiger partial charge in [0.2, 0.25) is 5.84 Å². The molecule has 0 aromatic carbocycles. The predicted octanol–water partition coefficient (Wildman–Crippen LogP) is -0.0193. The first-order valence-electron chi connectivity index (χ1n) is 3.26. The van der Waals surface area contributed by atoms with E-state index in [0.717, 1.165) is 19.3 Å². The monoisotopic (exact) mass is 142 g/mol. The highest BCUT2D eigenvalue weighted by Gasteiger charge is 2.17. The third-order valence-electron chi connectivity index (χ3n) is 1.62. The molecule has 56 valence electrons. The lowest BCUT2D eigenvalue weighted by Crippen LogP contribution is -2.27. The number of hydrogen-bond donors (Lipinski definition) is 2. The molecule has 4 heteroatoms. The molecule has 0 amide bonds. The SMILES string of the molecule is NC(=NC1CCC1)C(=O)O. The highest BCUT2D eigenvalue weighted by Crippen LogP contribution is 2.21. The zero-order valence-electron chi connectivity index (χ0n) is 5.58. The highest BCUT2D eigenvalue weighted by molar-refractivity contribution is 6.33. The number of aliphatic imine (C=N–C) groups is 1. The molecule has 0 spiro atoms. The van der Waals surface area contributed by atoms with Crippen LogP contribution < -0.4 is 5.73 Å². The van der Waals surface area contributed by atoms with Crippen LogP contribution in [-0.4, -0.2) is 23.0 Å². The molecule has 0 atom stereocenters. The number of nitrogens with zero attached hydrogens (tertiary/aromatic N) is 1. The smallest absolute Gasteiger partial charge is 0.370 e. The molecule has 0 unspecified atom stereocenters. The number of nitrogens with two attached hydrogens (primary N) is 1. The summed E-state index contributed by atoms with van der Waals surface area (Å²) in [7, 11) is 0. The molecular weight excluding hydrogens is 132 g/mol. The van der Waals surface area contributed by atoms with E-state index in [-0.39, 0.29) is 11.9 Å². The summed E-state index contributed by atoms with van der Waals surface area (Å²) in [6, 6.07) is 0.177. The van der Waals surface area contributed by atoms with Crippen molar-refractivity contribution in [3.63, 3.8) is 0 Å². The minimum atomic E-state index is -1.12. The lowest BCUT2D eigenvalue weighted by Gasteiger charge is -2.20. The second kappa shape index (κ2) is 2.68. The van der Waals surface area contributed by atoms with Crippen LogP contribution in [0.15, 0.2) is 4.99 Å².